The first kappa shape index (κ1) is 15.1. The molecule has 1 aliphatic rings. The first-order valence-corrected chi connectivity index (χ1v) is 8.48. The fourth-order valence-electron chi connectivity index (χ4n) is 3.32. The van der Waals surface area contributed by atoms with Crippen LogP contribution in [0.15, 0.2) is 48.9 Å². The lowest BCUT2D eigenvalue weighted by atomic mass is 10.0. The van der Waals surface area contributed by atoms with E-state index in [-0.39, 0.29) is 5.82 Å². The smallest absolute Gasteiger partial charge is 0.220 e. The molecule has 0 saturated heterocycles. The van der Waals surface area contributed by atoms with E-state index in [1.54, 1.807) is 16.8 Å². The van der Waals surface area contributed by atoms with Crippen LogP contribution < -0.4 is 4.74 Å². The van der Waals surface area contributed by atoms with Crippen molar-refractivity contribution in [1.29, 1.82) is 0 Å². The number of ether oxygens (including phenoxy) is 1. The average molecular weight is 349 g/mol. The summed E-state index contributed by atoms with van der Waals surface area (Å²) in [7, 11) is 0. The van der Waals surface area contributed by atoms with Crippen LogP contribution in [0.2, 0.25) is 0 Å². The molecule has 1 aliphatic heterocycles. The topological polar surface area (TPSA) is 57.2 Å². The highest BCUT2D eigenvalue weighted by Crippen LogP contribution is 2.40. The van der Waals surface area contributed by atoms with E-state index >= 15 is 0 Å². The summed E-state index contributed by atoms with van der Waals surface area (Å²) >= 11 is 0. The van der Waals surface area contributed by atoms with E-state index < -0.39 is 0 Å². The Hall–Kier alpha value is -3.22. The van der Waals surface area contributed by atoms with Gasteiger partial charge in [0.2, 0.25) is 5.88 Å². The number of hydrogen-bond donors (Lipinski definition) is 0. The summed E-state index contributed by atoms with van der Waals surface area (Å²) in [6.45, 7) is 3.54. The van der Waals surface area contributed by atoms with Gasteiger partial charge in [0.15, 0.2) is 0 Å². The first-order chi connectivity index (χ1) is 12.7. The third-order valence-electron chi connectivity index (χ3n) is 4.55. The number of rotatable bonds is 2. The summed E-state index contributed by atoms with van der Waals surface area (Å²) in [6.07, 6.45) is 4.87. The standard InChI is InChI=1S/C19H16FN5O/c1-12-10-25-19(26-11-12)17(13-5-7-24-15(8-13)4-6-22-24)18(23-25)16-3-2-14(20)9-21-16/h2-9,12H,10-11H2,1H3. The summed E-state index contributed by atoms with van der Waals surface area (Å²) < 4.78 is 23.0. The second-order valence-electron chi connectivity index (χ2n) is 6.60. The van der Waals surface area contributed by atoms with Crippen molar-refractivity contribution in [3.63, 3.8) is 0 Å². The van der Waals surface area contributed by atoms with Gasteiger partial charge in [0.05, 0.1) is 36.1 Å². The Morgan fingerprint density at radius 3 is 3.00 bits per heavy atom. The summed E-state index contributed by atoms with van der Waals surface area (Å²) in [5, 5.41) is 8.97. The van der Waals surface area contributed by atoms with Crippen LogP contribution in [-0.4, -0.2) is 31.0 Å². The summed E-state index contributed by atoms with van der Waals surface area (Å²) in [5.74, 6) is 0.736. The van der Waals surface area contributed by atoms with Crippen molar-refractivity contribution in [2.24, 2.45) is 5.92 Å². The number of halogens is 1. The van der Waals surface area contributed by atoms with Crippen molar-refractivity contribution in [2.45, 2.75) is 13.5 Å². The molecule has 1 atom stereocenters. The molecule has 5 heterocycles. The molecular formula is C19H16FN5O. The minimum atomic E-state index is -0.371. The molecule has 0 fully saturated rings. The Kier molecular flexibility index (Phi) is 3.28. The molecule has 0 radical (unpaired) electrons. The molecule has 0 amide bonds. The van der Waals surface area contributed by atoms with Crippen molar-refractivity contribution < 1.29 is 9.13 Å². The van der Waals surface area contributed by atoms with Gasteiger partial charge in [0, 0.05) is 18.3 Å². The van der Waals surface area contributed by atoms with Gasteiger partial charge < -0.3 is 4.74 Å². The van der Waals surface area contributed by atoms with Gasteiger partial charge in [-0.1, -0.05) is 6.92 Å². The van der Waals surface area contributed by atoms with E-state index in [4.69, 9.17) is 9.84 Å². The van der Waals surface area contributed by atoms with E-state index in [1.165, 1.54) is 12.3 Å². The second kappa shape index (κ2) is 5.66. The van der Waals surface area contributed by atoms with Crippen molar-refractivity contribution >= 4 is 5.52 Å². The maximum absolute atomic E-state index is 13.3. The summed E-state index contributed by atoms with van der Waals surface area (Å²) in [5.41, 5.74) is 4.13. The van der Waals surface area contributed by atoms with Crippen molar-refractivity contribution in [1.82, 2.24) is 24.4 Å². The van der Waals surface area contributed by atoms with Crippen LogP contribution in [0.4, 0.5) is 4.39 Å². The van der Waals surface area contributed by atoms with Gasteiger partial charge in [-0.3, -0.25) is 4.98 Å². The van der Waals surface area contributed by atoms with Gasteiger partial charge in [-0.05, 0) is 35.9 Å². The molecule has 0 spiro atoms. The monoisotopic (exact) mass is 349 g/mol. The molecule has 4 aromatic heterocycles. The second-order valence-corrected chi connectivity index (χ2v) is 6.60. The molecule has 26 heavy (non-hydrogen) atoms. The lowest BCUT2D eigenvalue weighted by Gasteiger charge is -2.21. The number of fused-ring (bicyclic) bond motifs is 2. The molecule has 7 heteroatoms. The zero-order chi connectivity index (χ0) is 17.7. The minimum Gasteiger partial charge on any atom is -0.477 e. The number of hydrogen-bond acceptors (Lipinski definition) is 4. The third kappa shape index (κ3) is 2.35. The fourth-order valence-corrected chi connectivity index (χ4v) is 3.32. The molecule has 1 unspecified atom stereocenters. The van der Waals surface area contributed by atoms with Gasteiger partial charge in [-0.2, -0.15) is 10.2 Å². The molecule has 0 saturated carbocycles. The molecule has 4 aromatic rings. The van der Waals surface area contributed by atoms with Gasteiger partial charge in [0.25, 0.3) is 0 Å². The number of pyridine rings is 2. The van der Waals surface area contributed by atoms with Crippen LogP contribution in [0.1, 0.15) is 6.92 Å². The molecule has 5 rings (SSSR count). The lowest BCUT2D eigenvalue weighted by Crippen LogP contribution is -2.23. The minimum absolute atomic E-state index is 0.371. The highest BCUT2D eigenvalue weighted by Gasteiger charge is 2.27. The van der Waals surface area contributed by atoms with Crippen LogP contribution in [0.5, 0.6) is 5.88 Å². The number of nitrogens with zero attached hydrogens (tertiary/aromatic N) is 5. The van der Waals surface area contributed by atoms with Crippen LogP contribution in [-0.2, 0) is 6.54 Å². The highest BCUT2D eigenvalue weighted by molar-refractivity contribution is 5.85. The molecular weight excluding hydrogens is 333 g/mol. The average Bonchev–Trinajstić information content (AvgIpc) is 3.25. The highest BCUT2D eigenvalue weighted by atomic mass is 19.1. The molecule has 0 aliphatic carbocycles. The lowest BCUT2D eigenvalue weighted by molar-refractivity contribution is 0.176. The normalized spacial score (nSPS) is 16.5. The van der Waals surface area contributed by atoms with E-state index in [0.717, 1.165) is 29.1 Å². The quantitative estimate of drug-likeness (QED) is 0.556. The van der Waals surface area contributed by atoms with E-state index in [2.05, 4.69) is 17.0 Å². The number of aromatic nitrogens is 5. The Morgan fingerprint density at radius 2 is 2.15 bits per heavy atom. The van der Waals surface area contributed by atoms with Crippen LogP contribution in [0.3, 0.4) is 0 Å². The maximum atomic E-state index is 13.3. The predicted molar refractivity (Wildman–Crippen MR) is 94.3 cm³/mol. The van der Waals surface area contributed by atoms with Crippen LogP contribution in [0.25, 0.3) is 28.0 Å². The van der Waals surface area contributed by atoms with E-state index in [9.17, 15) is 4.39 Å². The van der Waals surface area contributed by atoms with Gasteiger partial charge in [-0.25, -0.2) is 13.6 Å². The van der Waals surface area contributed by atoms with Crippen molar-refractivity contribution in [3.8, 4) is 28.4 Å². The summed E-state index contributed by atoms with van der Waals surface area (Å²) in [4.78, 5) is 4.23. The van der Waals surface area contributed by atoms with E-state index in [0.29, 0.717) is 23.9 Å². The first-order valence-electron chi connectivity index (χ1n) is 8.48. The Morgan fingerprint density at radius 1 is 1.23 bits per heavy atom. The van der Waals surface area contributed by atoms with Crippen LogP contribution >= 0.6 is 0 Å². The van der Waals surface area contributed by atoms with Crippen molar-refractivity contribution in [3.05, 3.63) is 54.7 Å². The fraction of sp³-hybridized carbons (Fsp3) is 0.211. The molecule has 130 valence electrons. The Bertz CT molecular complexity index is 1100. The molecule has 0 aromatic carbocycles. The zero-order valence-corrected chi connectivity index (χ0v) is 14.1. The SMILES string of the molecule is CC1COc2c(-c3ccn4nccc4c3)c(-c3ccc(F)cn3)nn2C1. The molecule has 0 bridgehead atoms. The van der Waals surface area contributed by atoms with Gasteiger partial charge >= 0.3 is 0 Å². The Balaban J connectivity index is 1.74. The third-order valence-corrected chi connectivity index (χ3v) is 4.55. The molecule has 6 nitrogen and oxygen atoms in total. The van der Waals surface area contributed by atoms with Gasteiger partial charge in [0.1, 0.15) is 11.5 Å². The largest absolute Gasteiger partial charge is 0.477 e. The molecule has 0 N–H and O–H groups in total. The Labute approximate surface area is 148 Å². The van der Waals surface area contributed by atoms with Gasteiger partial charge in [-0.15, -0.1) is 0 Å². The van der Waals surface area contributed by atoms with Crippen molar-refractivity contribution in [2.75, 3.05) is 6.61 Å². The van der Waals surface area contributed by atoms with Crippen LogP contribution in [0, 0.1) is 11.7 Å². The zero-order valence-electron chi connectivity index (χ0n) is 14.1. The maximum Gasteiger partial charge on any atom is 0.220 e. The summed E-state index contributed by atoms with van der Waals surface area (Å²) in [6, 6.07) is 9.01. The van der Waals surface area contributed by atoms with E-state index in [1.807, 2.05) is 29.1 Å². The predicted octanol–water partition coefficient (Wildman–Crippen LogP) is 3.43.